The van der Waals surface area contributed by atoms with Crippen LogP contribution in [0.2, 0.25) is 0 Å². The molecule has 0 aromatic rings. The lowest BCUT2D eigenvalue weighted by Gasteiger charge is -1.89. The van der Waals surface area contributed by atoms with Gasteiger partial charge in [0.05, 0.1) is 22.9 Å². The Morgan fingerprint density at radius 3 is 2.38 bits per heavy atom. The maximum atomic E-state index is 10.0. The van der Waals surface area contributed by atoms with E-state index in [1.807, 2.05) is 0 Å². The maximum absolute atomic E-state index is 10.0. The molecule has 0 heterocycles. The van der Waals surface area contributed by atoms with Crippen LogP contribution in [0.5, 0.6) is 0 Å². The average Bonchev–Trinajstić information content (AvgIpc) is 1.69. The third-order valence-corrected chi connectivity index (χ3v) is 2.24. The highest BCUT2D eigenvalue weighted by Crippen LogP contribution is 1.97. The van der Waals surface area contributed by atoms with Crippen molar-refractivity contribution < 1.29 is 11.8 Å². The van der Waals surface area contributed by atoms with Crippen LogP contribution in [-0.2, 0) is 14.1 Å². The van der Waals surface area contributed by atoms with Crippen molar-refractivity contribution in [3.8, 4) is 0 Å². The lowest BCUT2D eigenvalue weighted by atomic mass is 11.5. The zero-order chi connectivity index (χ0) is 6.57. The molecule has 1 N–H and O–H groups in total. The van der Waals surface area contributed by atoms with Crippen LogP contribution in [0.15, 0.2) is 3.21 Å². The molecule has 0 radical (unpaired) electrons. The second-order valence-electron chi connectivity index (χ2n) is 0.677. The predicted octanol–water partition coefficient (Wildman–Crippen LogP) is 1.28. The molecule has 0 aliphatic heterocycles. The average molecular weight is 361 g/mol. The summed E-state index contributed by atoms with van der Waals surface area (Å²) in [6, 6.07) is 0. The summed E-state index contributed by atoms with van der Waals surface area (Å²) < 4.78 is 25.9. The van der Waals surface area contributed by atoms with E-state index >= 15 is 0 Å². The largest absolute Gasteiger partial charge is 0.398 e. The fourth-order valence-electron chi connectivity index (χ4n) is 0.0695. The van der Waals surface area contributed by atoms with Crippen LogP contribution >= 0.6 is 45.9 Å². The van der Waals surface area contributed by atoms with Crippen LogP contribution in [0.25, 0.3) is 0 Å². The third kappa shape index (κ3) is 3.14. The molecule has 0 fully saturated rings. The van der Waals surface area contributed by atoms with Gasteiger partial charge in [0.1, 0.15) is 0 Å². The molecular formula is CHI2NO3S. The minimum Gasteiger partial charge on any atom is -0.398 e. The summed E-state index contributed by atoms with van der Waals surface area (Å²) in [7, 11) is 0. The molecule has 0 rings (SSSR count). The number of rotatable bonds is 0. The van der Waals surface area contributed by atoms with E-state index in [1.165, 1.54) is 23.0 Å². The topological polar surface area (TPSA) is 58.9 Å². The van der Waals surface area contributed by atoms with E-state index in [1.54, 1.807) is 22.9 Å². The number of hydrogen-bond donors (Lipinski definition) is 1. The van der Waals surface area contributed by atoms with Gasteiger partial charge in [0.2, 0.25) is 11.1 Å². The fourth-order valence-corrected chi connectivity index (χ4v) is 1.72. The van der Waals surface area contributed by atoms with Gasteiger partial charge in [0.25, 0.3) is 0 Å². The van der Waals surface area contributed by atoms with Crippen molar-refractivity contribution in [3.05, 3.63) is 0 Å². The highest BCUT2D eigenvalue weighted by molar-refractivity contribution is 14.1. The normalized spacial score (nSPS) is 15.6. The zero-order valence-electron chi connectivity index (χ0n) is 3.38. The molecule has 0 saturated heterocycles. The van der Waals surface area contributed by atoms with Crippen LogP contribution in [0.3, 0.4) is 0 Å². The van der Waals surface area contributed by atoms with E-state index in [2.05, 4.69) is 6.27 Å². The van der Waals surface area contributed by atoms with Gasteiger partial charge in [-0.25, -0.2) is 4.21 Å². The summed E-state index contributed by atoms with van der Waals surface area (Å²) in [5.74, 6) is 0. The summed E-state index contributed by atoms with van der Waals surface area (Å²) in [5.41, 5.74) is 0. The van der Waals surface area contributed by atoms with E-state index in [-0.39, 0.29) is 5.23 Å². The molecule has 48 valence electrons. The molecule has 0 aliphatic carbocycles. The lowest BCUT2D eigenvalue weighted by molar-refractivity contribution is 0.568. The molecule has 7 heteroatoms. The summed E-state index contributed by atoms with van der Waals surface area (Å²) in [6.07, 6.45) is 0. The lowest BCUT2D eigenvalue weighted by Crippen LogP contribution is -2.03. The summed E-state index contributed by atoms with van der Waals surface area (Å²) in [5, 5.41) is -0.189. The standard InChI is InChI=1S/CHI2NO3S/c2-4-1(7-3)8(5)6/h(H,5,6)/b4-1+. The monoisotopic (exact) mass is 361 g/mol. The molecule has 1 unspecified atom stereocenters. The Labute approximate surface area is 76.6 Å². The molecule has 0 aromatic heterocycles. The summed E-state index contributed by atoms with van der Waals surface area (Å²) in [6.45, 7) is 0. The van der Waals surface area contributed by atoms with E-state index < -0.39 is 11.1 Å². The van der Waals surface area contributed by atoms with Gasteiger partial charge in [-0.15, -0.1) is 0 Å². The van der Waals surface area contributed by atoms with Gasteiger partial charge < -0.3 is 3.07 Å². The molecule has 0 saturated carbocycles. The number of hydrogen-bond acceptors (Lipinski definition) is 3. The van der Waals surface area contributed by atoms with Crippen molar-refractivity contribution in [2.45, 2.75) is 0 Å². The van der Waals surface area contributed by atoms with Gasteiger partial charge in [-0.1, -0.05) is 0 Å². The van der Waals surface area contributed by atoms with E-state index in [0.29, 0.717) is 0 Å². The first kappa shape index (κ1) is 9.04. The molecule has 0 spiro atoms. The van der Waals surface area contributed by atoms with Gasteiger partial charge >= 0.3 is 5.23 Å². The Hall–Kier alpha value is 1.04. The van der Waals surface area contributed by atoms with Crippen molar-refractivity contribution in [3.63, 3.8) is 0 Å². The van der Waals surface area contributed by atoms with Crippen molar-refractivity contribution in [2.24, 2.45) is 3.21 Å². The maximum Gasteiger partial charge on any atom is 0.324 e. The van der Waals surface area contributed by atoms with Crippen LogP contribution in [0, 0.1) is 0 Å². The van der Waals surface area contributed by atoms with E-state index in [0.717, 1.165) is 0 Å². The molecule has 8 heavy (non-hydrogen) atoms. The predicted molar refractivity (Wildman–Crippen MR) is 47.3 cm³/mol. The fraction of sp³-hybridized carbons (Fsp3) is 0. The molecule has 4 nitrogen and oxygen atoms in total. The second kappa shape index (κ2) is 4.88. The first-order chi connectivity index (χ1) is 3.72. The van der Waals surface area contributed by atoms with Crippen molar-refractivity contribution in [2.75, 3.05) is 0 Å². The molecular weight excluding hydrogens is 360 g/mol. The van der Waals surface area contributed by atoms with Crippen LogP contribution in [-0.4, -0.2) is 14.0 Å². The quantitative estimate of drug-likeness (QED) is 0.306. The highest BCUT2D eigenvalue weighted by atomic mass is 127. The summed E-state index contributed by atoms with van der Waals surface area (Å²) >= 11 is 0.955. The Balaban J connectivity index is 3.92. The van der Waals surface area contributed by atoms with Gasteiger partial charge in [-0.3, -0.25) is 4.55 Å². The molecule has 0 amide bonds. The van der Waals surface area contributed by atoms with Crippen molar-refractivity contribution in [1.29, 1.82) is 0 Å². The summed E-state index contributed by atoms with van der Waals surface area (Å²) in [4.78, 5) is 0. The Bertz CT molecular complexity index is 124. The minimum atomic E-state index is -2.09. The third-order valence-electron chi connectivity index (χ3n) is 0.284. The van der Waals surface area contributed by atoms with Crippen LogP contribution in [0.4, 0.5) is 0 Å². The van der Waals surface area contributed by atoms with Gasteiger partial charge in [-0.2, -0.15) is 3.21 Å². The molecule has 0 aliphatic rings. The van der Waals surface area contributed by atoms with Crippen LogP contribution in [0.1, 0.15) is 0 Å². The molecule has 1 atom stereocenters. The Morgan fingerprint density at radius 2 is 2.38 bits per heavy atom. The SMILES string of the molecule is O=S(O)/C(=N/I)OI. The van der Waals surface area contributed by atoms with Gasteiger partial charge in [0.15, 0.2) is 23.0 Å². The molecule has 0 bridgehead atoms. The smallest absolute Gasteiger partial charge is 0.324 e. The molecule has 0 aromatic carbocycles. The van der Waals surface area contributed by atoms with Gasteiger partial charge in [0, 0.05) is 0 Å². The minimum absolute atomic E-state index is 0.189. The number of nitrogens with zero attached hydrogens (tertiary/aromatic N) is 1. The highest BCUT2D eigenvalue weighted by Gasteiger charge is 2.03. The second-order valence-corrected chi connectivity index (χ2v) is 2.45. The van der Waals surface area contributed by atoms with Crippen molar-refractivity contribution >= 4 is 62.2 Å². The first-order valence-electron chi connectivity index (χ1n) is 1.30. The Morgan fingerprint density at radius 1 is 1.88 bits per heavy atom. The van der Waals surface area contributed by atoms with Gasteiger partial charge in [-0.05, 0) is 0 Å². The van der Waals surface area contributed by atoms with E-state index in [9.17, 15) is 4.21 Å². The van der Waals surface area contributed by atoms with Crippen molar-refractivity contribution in [1.82, 2.24) is 0 Å². The zero-order valence-corrected chi connectivity index (χ0v) is 8.51. The van der Waals surface area contributed by atoms with E-state index in [4.69, 9.17) is 4.55 Å². The Kier molecular flexibility index (Phi) is 5.51. The number of halogens is 2. The van der Waals surface area contributed by atoms with Crippen LogP contribution < -0.4 is 0 Å². The first-order valence-corrected chi connectivity index (χ1v) is 4.26.